The number of aryl methyl sites for hydroxylation is 1. The molecule has 0 aliphatic rings. The zero-order valence-corrected chi connectivity index (χ0v) is 16.5. The van der Waals surface area contributed by atoms with Gasteiger partial charge >= 0.3 is 0 Å². The number of carbonyl (C=O) groups is 1. The molecule has 1 amide bonds. The van der Waals surface area contributed by atoms with Gasteiger partial charge in [0.25, 0.3) is 0 Å². The summed E-state index contributed by atoms with van der Waals surface area (Å²) in [5.74, 6) is 1.68. The number of nitrogens with one attached hydrogen (secondary N) is 1. The van der Waals surface area contributed by atoms with Crippen LogP contribution in [0.15, 0.2) is 60.8 Å². The molecule has 4 rings (SSSR count). The molecule has 0 atom stereocenters. The zero-order valence-electron chi connectivity index (χ0n) is 16.5. The molecule has 0 aliphatic carbocycles. The number of ether oxygens (including phenoxy) is 1. The Kier molecular flexibility index (Phi) is 5.70. The quantitative estimate of drug-likeness (QED) is 0.467. The SMILES string of the molecule is CCc1nc2ccccc2n1CC(=O)NCCCOc1cccc2cccnc12. The Labute approximate surface area is 169 Å². The minimum atomic E-state index is -0.0188. The Hall–Kier alpha value is -3.41. The van der Waals surface area contributed by atoms with Gasteiger partial charge in [0.15, 0.2) is 0 Å². The molecule has 2 aromatic heterocycles. The van der Waals surface area contributed by atoms with E-state index in [-0.39, 0.29) is 12.5 Å². The standard InChI is InChI=1S/C23H24N4O2/c1-2-21-26-18-10-3-4-11-19(18)27(21)16-22(28)24-14-7-15-29-20-12-5-8-17-9-6-13-25-23(17)20/h3-6,8-13H,2,7,14-16H2,1H3,(H,24,28). The molecule has 0 bridgehead atoms. The molecule has 0 radical (unpaired) electrons. The number of para-hydroxylation sites is 3. The summed E-state index contributed by atoms with van der Waals surface area (Å²) in [6.07, 6.45) is 3.27. The topological polar surface area (TPSA) is 69.0 Å². The number of pyridine rings is 1. The lowest BCUT2D eigenvalue weighted by atomic mass is 10.2. The van der Waals surface area contributed by atoms with Gasteiger partial charge in [-0.1, -0.05) is 37.3 Å². The van der Waals surface area contributed by atoms with E-state index in [1.165, 1.54) is 0 Å². The maximum atomic E-state index is 12.4. The number of benzene rings is 2. The van der Waals surface area contributed by atoms with Crippen molar-refractivity contribution in [3.05, 3.63) is 66.6 Å². The number of aromatic nitrogens is 3. The number of carbonyl (C=O) groups excluding carboxylic acids is 1. The summed E-state index contributed by atoms with van der Waals surface area (Å²) >= 11 is 0. The number of imidazole rings is 1. The molecule has 2 heterocycles. The van der Waals surface area contributed by atoms with Crippen LogP contribution in [0, 0.1) is 0 Å². The van der Waals surface area contributed by atoms with Crippen molar-refractivity contribution in [1.82, 2.24) is 19.9 Å². The van der Waals surface area contributed by atoms with E-state index in [0.717, 1.165) is 46.4 Å². The van der Waals surface area contributed by atoms with Crippen molar-refractivity contribution in [2.75, 3.05) is 13.2 Å². The molecule has 1 N–H and O–H groups in total. The highest BCUT2D eigenvalue weighted by atomic mass is 16.5. The van der Waals surface area contributed by atoms with Crippen LogP contribution in [0.2, 0.25) is 0 Å². The number of hydrogen-bond donors (Lipinski definition) is 1. The van der Waals surface area contributed by atoms with Gasteiger partial charge < -0.3 is 14.6 Å². The predicted octanol–water partition coefficient (Wildman–Crippen LogP) is 3.73. The first-order valence-corrected chi connectivity index (χ1v) is 9.93. The van der Waals surface area contributed by atoms with Gasteiger partial charge in [0.1, 0.15) is 23.6 Å². The Morgan fingerprint density at radius 3 is 2.86 bits per heavy atom. The molecule has 0 unspecified atom stereocenters. The monoisotopic (exact) mass is 388 g/mol. The maximum Gasteiger partial charge on any atom is 0.240 e. The van der Waals surface area contributed by atoms with Crippen molar-refractivity contribution < 1.29 is 9.53 Å². The first-order valence-electron chi connectivity index (χ1n) is 9.93. The molecule has 2 aromatic carbocycles. The first kappa shape index (κ1) is 18.9. The third-order valence-electron chi connectivity index (χ3n) is 4.85. The molecule has 6 nitrogen and oxygen atoms in total. The lowest BCUT2D eigenvalue weighted by Crippen LogP contribution is -2.29. The van der Waals surface area contributed by atoms with E-state index in [1.54, 1.807) is 6.20 Å². The van der Waals surface area contributed by atoms with Crippen molar-refractivity contribution >= 4 is 27.8 Å². The molecule has 0 saturated heterocycles. The summed E-state index contributed by atoms with van der Waals surface area (Å²) in [6.45, 7) is 3.40. The lowest BCUT2D eigenvalue weighted by Gasteiger charge is -2.11. The highest BCUT2D eigenvalue weighted by molar-refractivity contribution is 5.84. The van der Waals surface area contributed by atoms with Gasteiger partial charge in [-0.3, -0.25) is 9.78 Å². The van der Waals surface area contributed by atoms with Gasteiger partial charge in [-0.15, -0.1) is 0 Å². The van der Waals surface area contributed by atoms with Crippen LogP contribution in [0.4, 0.5) is 0 Å². The van der Waals surface area contributed by atoms with Crippen LogP contribution >= 0.6 is 0 Å². The highest BCUT2D eigenvalue weighted by Gasteiger charge is 2.12. The van der Waals surface area contributed by atoms with Crippen LogP contribution in [0.1, 0.15) is 19.2 Å². The van der Waals surface area contributed by atoms with Crippen LogP contribution in [0.3, 0.4) is 0 Å². The van der Waals surface area contributed by atoms with Crippen molar-refractivity contribution in [2.45, 2.75) is 26.3 Å². The van der Waals surface area contributed by atoms with E-state index in [2.05, 4.69) is 22.2 Å². The molecule has 0 saturated carbocycles. The number of amides is 1. The molecular formula is C23H24N4O2. The number of fused-ring (bicyclic) bond motifs is 2. The molecule has 148 valence electrons. The molecule has 0 fully saturated rings. The summed E-state index contributed by atoms with van der Waals surface area (Å²) in [5, 5.41) is 4.03. The lowest BCUT2D eigenvalue weighted by molar-refractivity contribution is -0.121. The van der Waals surface area contributed by atoms with Gasteiger partial charge in [0.05, 0.1) is 17.6 Å². The minimum Gasteiger partial charge on any atom is -0.491 e. The summed E-state index contributed by atoms with van der Waals surface area (Å²) in [7, 11) is 0. The summed E-state index contributed by atoms with van der Waals surface area (Å²) in [4.78, 5) is 21.4. The van der Waals surface area contributed by atoms with Crippen molar-refractivity contribution in [3.8, 4) is 5.75 Å². The number of rotatable bonds is 8. The van der Waals surface area contributed by atoms with Crippen molar-refractivity contribution in [1.29, 1.82) is 0 Å². The first-order chi connectivity index (χ1) is 14.3. The second-order valence-corrected chi connectivity index (χ2v) is 6.84. The summed E-state index contributed by atoms with van der Waals surface area (Å²) in [6, 6.07) is 17.7. The largest absolute Gasteiger partial charge is 0.491 e. The van der Waals surface area contributed by atoms with Crippen LogP contribution in [-0.2, 0) is 17.8 Å². The maximum absolute atomic E-state index is 12.4. The molecule has 0 spiro atoms. The average Bonchev–Trinajstić information content (AvgIpc) is 3.11. The normalized spacial score (nSPS) is 11.1. The predicted molar refractivity (Wildman–Crippen MR) is 114 cm³/mol. The molecule has 0 aliphatic heterocycles. The summed E-state index contributed by atoms with van der Waals surface area (Å²) < 4.78 is 7.86. The third kappa shape index (κ3) is 4.21. The van der Waals surface area contributed by atoms with Gasteiger partial charge in [-0.25, -0.2) is 4.98 Å². The van der Waals surface area contributed by atoms with E-state index >= 15 is 0 Å². The third-order valence-corrected chi connectivity index (χ3v) is 4.85. The van der Waals surface area contributed by atoms with Crippen molar-refractivity contribution in [2.24, 2.45) is 0 Å². The minimum absolute atomic E-state index is 0.0188. The Morgan fingerprint density at radius 2 is 1.97 bits per heavy atom. The van der Waals surface area contributed by atoms with Crippen LogP contribution in [0.5, 0.6) is 5.75 Å². The highest BCUT2D eigenvalue weighted by Crippen LogP contribution is 2.22. The fourth-order valence-corrected chi connectivity index (χ4v) is 3.45. The van der Waals surface area contributed by atoms with Gasteiger partial charge in [-0.05, 0) is 30.7 Å². The van der Waals surface area contributed by atoms with Crippen LogP contribution in [0.25, 0.3) is 21.9 Å². The molecule has 6 heteroatoms. The van der Waals surface area contributed by atoms with Gasteiger partial charge in [-0.2, -0.15) is 0 Å². The van der Waals surface area contributed by atoms with E-state index in [4.69, 9.17) is 4.74 Å². The van der Waals surface area contributed by atoms with E-state index in [1.807, 2.05) is 59.2 Å². The second-order valence-electron chi connectivity index (χ2n) is 6.84. The molecule has 4 aromatic rings. The van der Waals surface area contributed by atoms with Crippen LogP contribution in [-0.4, -0.2) is 33.6 Å². The van der Waals surface area contributed by atoms with Gasteiger partial charge in [0.2, 0.25) is 5.91 Å². The Bertz CT molecular complexity index is 1130. The van der Waals surface area contributed by atoms with E-state index in [9.17, 15) is 4.79 Å². The smallest absolute Gasteiger partial charge is 0.240 e. The fraction of sp³-hybridized carbons (Fsp3) is 0.261. The summed E-state index contributed by atoms with van der Waals surface area (Å²) in [5.41, 5.74) is 2.78. The Balaban J connectivity index is 1.29. The zero-order chi connectivity index (χ0) is 20.1. The van der Waals surface area contributed by atoms with E-state index < -0.39 is 0 Å². The Morgan fingerprint density at radius 1 is 1.10 bits per heavy atom. The van der Waals surface area contributed by atoms with E-state index in [0.29, 0.717) is 13.2 Å². The molecular weight excluding hydrogens is 364 g/mol. The number of nitrogens with zero attached hydrogens (tertiary/aromatic N) is 3. The second kappa shape index (κ2) is 8.73. The average molecular weight is 388 g/mol. The molecule has 29 heavy (non-hydrogen) atoms. The van der Waals surface area contributed by atoms with Crippen molar-refractivity contribution in [3.63, 3.8) is 0 Å². The van der Waals surface area contributed by atoms with Crippen LogP contribution < -0.4 is 10.1 Å². The van der Waals surface area contributed by atoms with Gasteiger partial charge in [0, 0.05) is 24.5 Å². The number of hydrogen-bond acceptors (Lipinski definition) is 4. The fourth-order valence-electron chi connectivity index (χ4n) is 3.45.